The second-order valence-electron chi connectivity index (χ2n) is 4.13. The van der Waals surface area contributed by atoms with E-state index >= 15 is 0 Å². The zero-order valence-corrected chi connectivity index (χ0v) is 11.1. The average molecular weight is 273 g/mol. The molecule has 1 atom stereocenters. The van der Waals surface area contributed by atoms with E-state index in [4.69, 9.17) is 14.3 Å². The van der Waals surface area contributed by atoms with Gasteiger partial charge in [-0.25, -0.2) is 0 Å². The molecule has 0 aromatic carbocycles. The maximum absolute atomic E-state index is 8.55. The van der Waals surface area contributed by atoms with Crippen LogP contribution in [-0.2, 0) is 4.74 Å². The zero-order valence-electron chi connectivity index (χ0n) is 10.3. The number of hydrogen-bond acceptors (Lipinski definition) is 7. The van der Waals surface area contributed by atoms with Crippen molar-refractivity contribution < 1.29 is 14.3 Å². The van der Waals surface area contributed by atoms with Gasteiger partial charge >= 0.3 is 0 Å². The molecule has 1 aromatic rings. The van der Waals surface area contributed by atoms with E-state index in [2.05, 4.69) is 15.5 Å². The first-order valence-corrected chi connectivity index (χ1v) is 7.24. The number of thioether (sulfide) groups is 1. The zero-order chi connectivity index (χ0) is 12.6. The molecule has 2 N–H and O–H groups in total. The van der Waals surface area contributed by atoms with Crippen LogP contribution in [0.2, 0.25) is 0 Å². The number of aliphatic hydroxyl groups is 1. The number of nitrogens with zero attached hydrogens (tertiary/aromatic N) is 2. The van der Waals surface area contributed by atoms with E-state index in [1.807, 2.05) is 0 Å². The number of hydrogen-bond donors (Lipinski definition) is 2. The summed E-state index contributed by atoms with van der Waals surface area (Å²) in [6, 6.07) is 0. The van der Waals surface area contributed by atoms with Gasteiger partial charge in [-0.15, -0.1) is 10.2 Å². The summed E-state index contributed by atoms with van der Waals surface area (Å²) in [4.78, 5) is 0. The summed E-state index contributed by atoms with van der Waals surface area (Å²) in [6.07, 6.45) is 2.27. The Bertz CT molecular complexity index is 342. The highest BCUT2D eigenvalue weighted by Crippen LogP contribution is 2.24. The van der Waals surface area contributed by atoms with E-state index in [0.717, 1.165) is 37.6 Å². The van der Waals surface area contributed by atoms with E-state index < -0.39 is 0 Å². The lowest BCUT2D eigenvalue weighted by Gasteiger charge is -2.18. The third-order valence-electron chi connectivity index (χ3n) is 2.76. The van der Waals surface area contributed by atoms with Gasteiger partial charge in [0.2, 0.25) is 5.89 Å². The second-order valence-corrected chi connectivity index (χ2v) is 5.18. The van der Waals surface area contributed by atoms with Crippen molar-refractivity contribution in [3.05, 3.63) is 5.89 Å². The van der Waals surface area contributed by atoms with Crippen molar-refractivity contribution in [2.24, 2.45) is 0 Å². The minimum atomic E-state index is 0.0596. The summed E-state index contributed by atoms with van der Waals surface area (Å²) in [5, 5.41) is 20.6. The van der Waals surface area contributed by atoms with E-state index in [-0.39, 0.29) is 6.61 Å². The number of ether oxygens (including phenoxy) is 1. The molecule has 1 aromatic heterocycles. The third-order valence-corrected chi connectivity index (χ3v) is 3.54. The maximum Gasteiger partial charge on any atom is 0.276 e. The highest BCUT2D eigenvalue weighted by atomic mass is 32.2. The molecule has 1 saturated heterocycles. The standard InChI is InChI=1S/C11H19N3O3S/c15-4-5-16-6-7-18-11-14-13-10(17-11)9-2-1-3-12-8-9/h9,12,15H,1-8H2. The molecule has 2 rings (SSSR count). The van der Waals surface area contributed by atoms with Gasteiger partial charge in [-0.2, -0.15) is 0 Å². The summed E-state index contributed by atoms with van der Waals surface area (Å²) < 4.78 is 10.8. The van der Waals surface area contributed by atoms with Gasteiger partial charge in [0.1, 0.15) is 0 Å². The molecule has 18 heavy (non-hydrogen) atoms. The molecule has 0 spiro atoms. The van der Waals surface area contributed by atoms with Crippen LogP contribution in [0.3, 0.4) is 0 Å². The number of rotatable bonds is 7. The van der Waals surface area contributed by atoms with Crippen LogP contribution < -0.4 is 5.32 Å². The molecule has 0 bridgehead atoms. The normalized spacial score (nSPS) is 20.2. The van der Waals surface area contributed by atoms with Crippen LogP contribution in [0.4, 0.5) is 0 Å². The van der Waals surface area contributed by atoms with Crippen LogP contribution in [-0.4, -0.2) is 54.0 Å². The van der Waals surface area contributed by atoms with Crippen molar-refractivity contribution in [2.75, 3.05) is 38.7 Å². The van der Waals surface area contributed by atoms with Gasteiger partial charge in [0, 0.05) is 18.2 Å². The average Bonchev–Trinajstić information content (AvgIpc) is 2.88. The Labute approximate surface area is 110 Å². The predicted molar refractivity (Wildman–Crippen MR) is 67.8 cm³/mol. The molecule has 0 amide bonds. The molecule has 6 nitrogen and oxygen atoms in total. The maximum atomic E-state index is 8.55. The van der Waals surface area contributed by atoms with Crippen LogP contribution in [0.25, 0.3) is 0 Å². The summed E-state index contributed by atoms with van der Waals surface area (Å²) in [5.74, 6) is 1.84. The Balaban J connectivity index is 1.72. The Morgan fingerprint density at radius 3 is 3.17 bits per heavy atom. The molecule has 0 radical (unpaired) electrons. The van der Waals surface area contributed by atoms with Gasteiger partial charge in [-0.3, -0.25) is 0 Å². The van der Waals surface area contributed by atoms with Crippen molar-refractivity contribution in [2.45, 2.75) is 24.0 Å². The topological polar surface area (TPSA) is 80.4 Å². The van der Waals surface area contributed by atoms with Crippen molar-refractivity contribution in [3.8, 4) is 0 Å². The Hall–Kier alpha value is -0.630. The van der Waals surface area contributed by atoms with Gasteiger partial charge < -0.3 is 19.6 Å². The van der Waals surface area contributed by atoms with Gasteiger partial charge in [0.15, 0.2) is 0 Å². The number of nitrogens with one attached hydrogen (secondary N) is 1. The monoisotopic (exact) mass is 273 g/mol. The number of piperidine rings is 1. The predicted octanol–water partition coefficient (Wildman–Crippen LogP) is 0.638. The first-order chi connectivity index (χ1) is 8.90. The largest absolute Gasteiger partial charge is 0.416 e. The van der Waals surface area contributed by atoms with Crippen LogP contribution in [0.5, 0.6) is 0 Å². The van der Waals surface area contributed by atoms with E-state index in [1.165, 1.54) is 11.8 Å². The molecule has 2 heterocycles. The fourth-order valence-electron chi connectivity index (χ4n) is 1.86. The van der Waals surface area contributed by atoms with Crippen LogP contribution in [0.15, 0.2) is 9.64 Å². The van der Waals surface area contributed by atoms with Crippen molar-refractivity contribution in [1.82, 2.24) is 15.5 Å². The molecular weight excluding hydrogens is 254 g/mol. The lowest BCUT2D eigenvalue weighted by molar-refractivity contribution is 0.103. The minimum Gasteiger partial charge on any atom is -0.416 e. The Morgan fingerprint density at radius 1 is 1.44 bits per heavy atom. The van der Waals surface area contributed by atoms with E-state index in [9.17, 15) is 0 Å². The lowest BCUT2D eigenvalue weighted by atomic mass is 10.00. The quantitative estimate of drug-likeness (QED) is 0.557. The molecule has 0 saturated carbocycles. The van der Waals surface area contributed by atoms with Crippen LogP contribution in [0, 0.1) is 0 Å². The van der Waals surface area contributed by atoms with Gasteiger partial charge in [0.25, 0.3) is 5.22 Å². The fraction of sp³-hybridized carbons (Fsp3) is 0.818. The lowest BCUT2D eigenvalue weighted by Crippen LogP contribution is -2.28. The molecule has 1 unspecified atom stereocenters. The SMILES string of the molecule is OCCOCCSc1nnc(C2CCCNC2)o1. The first kappa shape index (κ1) is 13.8. The fourth-order valence-corrected chi connectivity index (χ4v) is 2.48. The molecule has 7 heteroatoms. The summed E-state index contributed by atoms with van der Waals surface area (Å²) >= 11 is 1.49. The molecular formula is C11H19N3O3S. The van der Waals surface area contributed by atoms with Gasteiger partial charge in [-0.05, 0) is 19.4 Å². The Morgan fingerprint density at radius 2 is 2.39 bits per heavy atom. The molecule has 1 aliphatic rings. The van der Waals surface area contributed by atoms with Crippen molar-refractivity contribution in [1.29, 1.82) is 0 Å². The van der Waals surface area contributed by atoms with Gasteiger partial charge in [0.05, 0.1) is 19.8 Å². The Kier molecular flexibility index (Phi) is 5.92. The van der Waals surface area contributed by atoms with Crippen LogP contribution in [0.1, 0.15) is 24.7 Å². The van der Waals surface area contributed by atoms with Crippen LogP contribution >= 0.6 is 11.8 Å². The van der Waals surface area contributed by atoms with E-state index in [1.54, 1.807) is 0 Å². The molecule has 102 valence electrons. The smallest absolute Gasteiger partial charge is 0.276 e. The van der Waals surface area contributed by atoms with Gasteiger partial charge in [-0.1, -0.05) is 11.8 Å². The highest BCUT2D eigenvalue weighted by molar-refractivity contribution is 7.99. The number of aromatic nitrogens is 2. The highest BCUT2D eigenvalue weighted by Gasteiger charge is 2.20. The van der Waals surface area contributed by atoms with E-state index in [0.29, 0.717) is 24.4 Å². The minimum absolute atomic E-state index is 0.0596. The summed E-state index contributed by atoms with van der Waals surface area (Å²) in [7, 11) is 0. The summed E-state index contributed by atoms with van der Waals surface area (Å²) in [5.41, 5.74) is 0. The molecule has 1 fully saturated rings. The first-order valence-electron chi connectivity index (χ1n) is 6.25. The third kappa shape index (κ3) is 4.24. The van der Waals surface area contributed by atoms with Crippen molar-refractivity contribution in [3.63, 3.8) is 0 Å². The molecule has 0 aliphatic carbocycles. The van der Waals surface area contributed by atoms with Crippen molar-refractivity contribution >= 4 is 11.8 Å². The number of aliphatic hydroxyl groups excluding tert-OH is 1. The second kappa shape index (κ2) is 7.73. The molecule has 1 aliphatic heterocycles. The summed E-state index contributed by atoms with van der Waals surface area (Å²) in [6.45, 7) is 3.02.